The van der Waals surface area contributed by atoms with E-state index in [0.29, 0.717) is 6.04 Å². The van der Waals surface area contributed by atoms with Crippen molar-refractivity contribution in [3.8, 4) is 0 Å². The number of nitrogens with zero attached hydrogens (tertiary/aromatic N) is 4. The van der Waals surface area contributed by atoms with E-state index < -0.39 is 0 Å². The summed E-state index contributed by atoms with van der Waals surface area (Å²) in [7, 11) is 0. The number of aromatic nitrogens is 3. The summed E-state index contributed by atoms with van der Waals surface area (Å²) < 4.78 is 0. The predicted octanol–water partition coefficient (Wildman–Crippen LogP) is 1.94. The molecule has 0 aliphatic carbocycles. The molecule has 110 valence electrons. The number of anilines is 1. The van der Waals surface area contributed by atoms with Gasteiger partial charge in [0, 0.05) is 50.5 Å². The van der Waals surface area contributed by atoms with Crippen LogP contribution in [-0.2, 0) is 6.54 Å². The van der Waals surface area contributed by atoms with Crippen molar-refractivity contribution in [1.29, 1.82) is 0 Å². The zero-order chi connectivity index (χ0) is 14.5. The van der Waals surface area contributed by atoms with Gasteiger partial charge in [0.2, 0.25) is 5.95 Å². The Labute approximate surface area is 125 Å². The van der Waals surface area contributed by atoms with Gasteiger partial charge < -0.3 is 10.2 Å². The van der Waals surface area contributed by atoms with E-state index in [9.17, 15) is 0 Å². The summed E-state index contributed by atoms with van der Waals surface area (Å²) in [5.74, 6) is 0.846. The van der Waals surface area contributed by atoms with Crippen LogP contribution in [0.5, 0.6) is 0 Å². The molecule has 0 atom stereocenters. The Kier molecular flexibility index (Phi) is 4.40. The molecule has 1 saturated heterocycles. The van der Waals surface area contributed by atoms with Crippen molar-refractivity contribution in [2.75, 3.05) is 18.0 Å². The SMILES string of the molecule is Cc1ccncc1CNC1CCN(c2ncccn2)CC1. The molecule has 5 heteroatoms. The van der Waals surface area contributed by atoms with Crippen molar-refractivity contribution in [3.63, 3.8) is 0 Å². The molecule has 1 aliphatic rings. The van der Waals surface area contributed by atoms with E-state index in [0.717, 1.165) is 38.4 Å². The summed E-state index contributed by atoms with van der Waals surface area (Å²) >= 11 is 0. The monoisotopic (exact) mass is 283 g/mol. The number of hydrogen-bond donors (Lipinski definition) is 1. The fourth-order valence-electron chi connectivity index (χ4n) is 2.67. The van der Waals surface area contributed by atoms with Crippen molar-refractivity contribution < 1.29 is 0 Å². The Hall–Kier alpha value is -2.01. The van der Waals surface area contributed by atoms with Crippen LogP contribution in [0.2, 0.25) is 0 Å². The molecular formula is C16H21N5. The molecule has 1 fully saturated rings. The topological polar surface area (TPSA) is 53.9 Å². The number of aryl methyl sites for hydroxylation is 1. The van der Waals surface area contributed by atoms with E-state index in [2.05, 4.69) is 38.2 Å². The van der Waals surface area contributed by atoms with Gasteiger partial charge in [0.25, 0.3) is 0 Å². The highest BCUT2D eigenvalue weighted by molar-refractivity contribution is 5.29. The highest BCUT2D eigenvalue weighted by Crippen LogP contribution is 2.16. The lowest BCUT2D eigenvalue weighted by Gasteiger charge is -2.32. The van der Waals surface area contributed by atoms with Gasteiger partial charge in [-0.15, -0.1) is 0 Å². The molecule has 2 aromatic rings. The van der Waals surface area contributed by atoms with Gasteiger partial charge in [-0.1, -0.05) is 0 Å². The molecule has 3 heterocycles. The molecule has 5 nitrogen and oxygen atoms in total. The second-order valence-corrected chi connectivity index (χ2v) is 5.49. The molecule has 0 aromatic carbocycles. The van der Waals surface area contributed by atoms with Crippen molar-refractivity contribution in [2.45, 2.75) is 32.4 Å². The second-order valence-electron chi connectivity index (χ2n) is 5.49. The lowest BCUT2D eigenvalue weighted by Crippen LogP contribution is -2.42. The van der Waals surface area contributed by atoms with Crippen LogP contribution in [0.15, 0.2) is 36.9 Å². The van der Waals surface area contributed by atoms with Gasteiger partial charge in [-0.3, -0.25) is 4.98 Å². The third kappa shape index (κ3) is 3.55. The van der Waals surface area contributed by atoms with Crippen LogP contribution in [0, 0.1) is 6.92 Å². The largest absolute Gasteiger partial charge is 0.341 e. The van der Waals surface area contributed by atoms with Crippen LogP contribution >= 0.6 is 0 Å². The number of hydrogen-bond acceptors (Lipinski definition) is 5. The second kappa shape index (κ2) is 6.63. The summed E-state index contributed by atoms with van der Waals surface area (Å²) in [6.45, 7) is 5.04. The van der Waals surface area contributed by atoms with E-state index in [-0.39, 0.29) is 0 Å². The first-order valence-corrected chi connectivity index (χ1v) is 7.48. The quantitative estimate of drug-likeness (QED) is 0.929. The van der Waals surface area contributed by atoms with Crippen molar-refractivity contribution in [1.82, 2.24) is 20.3 Å². The Morgan fingerprint density at radius 2 is 1.95 bits per heavy atom. The fraction of sp³-hybridized carbons (Fsp3) is 0.438. The van der Waals surface area contributed by atoms with Crippen LogP contribution < -0.4 is 10.2 Å². The Morgan fingerprint density at radius 1 is 1.19 bits per heavy atom. The van der Waals surface area contributed by atoms with E-state index in [1.807, 2.05) is 18.5 Å². The van der Waals surface area contributed by atoms with Crippen LogP contribution in [0.25, 0.3) is 0 Å². The van der Waals surface area contributed by atoms with E-state index in [1.54, 1.807) is 12.4 Å². The van der Waals surface area contributed by atoms with Gasteiger partial charge in [-0.05, 0) is 43.0 Å². The zero-order valence-electron chi connectivity index (χ0n) is 12.4. The van der Waals surface area contributed by atoms with Crippen molar-refractivity contribution >= 4 is 5.95 Å². The Balaban J connectivity index is 1.49. The molecule has 1 aliphatic heterocycles. The normalized spacial score (nSPS) is 16.1. The maximum Gasteiger partial charge on any atom is 0.225 e. The predicted molar refractivity (Wildman–Crippen MR) is 83.1 cm³/mol. The van der Waals surface area contributed by atoms with Gasteiger partial charge in [0.1, 0.15) is 0 Å². The zero-order valence-corrected chi connectivity index (χ0v) is 12.4. The van der Waals surface area contributed by atoms with E-state index in [4.69, 9.17) is 0 Å². The maximum absolute atomic E-state index is 4.32. The smallest absolute Gasteiger partial charge is 0.225 e. The number of rotatable bonds is 4. The summed E-state index contributed by atoms with van der Waals surface area (Å²) in [6.07, 6.45) is 9.65. The number of piperidine rings is 1. The van der Waals surface area contributed by atoms with Crippen molar-refractivity contribution in [3.05, 3.63) is 48.0 Å². The molecule has 2 aromatic heterocycles. The Morgan fingerprint density at radius 3 is 2.67 bits per heavy atom. The van der Waals surface area contributed by atoms with Gasteiger partial charge in [-0.2, -0.15) is 0 Å². The van der Waals surface area contributed by atoms with Crippen LogP contribution in [-0.4, -0.2) is 34.1 Å². The first-order valence-electron chi connectivity index (χ1n) is 7.48. The molecule has 0 amide bonds. The summed E-state index contributed by atoms with van der Waals surface area (Å²) in [6, 6.07) is 4.48. The summed E-state index contributed by atoms with van der Waals surface area (Å²) in [5.41, 5.74) is 2.58. The Bertz CT molecular complexity index is 564. The van der Waals surface area contributed by atoms with Gasteiger partial charge >= 0.3 is 0 Å². The standard InChI is InChI=1S/C16H21N5/c1-13-3-8-17-11-14(13)12-20-15-4-9-21(10-5-15)16-18-6-2-7-19-16/h2-3,6-8,11,15,20H,4-5,9-10,12H2,1H3. The molecule has 21 heavy (non-hydrogen) atoms. The van der Waals surface area contributed by atoms with E-state index >= 15 is 0 Å². The molecule has 0 saturated carbocycles. The molecular weight excluding hydrogens is 262 g/mol. The minimum atomic E-state index is 0.560. The highest BCUT2D eigenvalue weighted by Gasteiger charge is 2.20. The number of nitrogens with one attached hydrogen (secondary N) is 1. The molecule has 0 unspecified atom stereocenters. The lowest BCUT2D eigenvalue weighted by molar-refractivity contribution is 0.410. The maximum atomic E-state index is 4.32. The van der Waals surface area contributed by atoms with Gasteiger partial charge in [0.05, 0.1) is 0 Å². The third-order valence-corrected chi connectivity index (χ3v) is 4.06. The van der Waals surface area contributed by atoms with Crippen LogP contribution in [0.3, 0.4) is 0 Å². The minimum absolute atomic E-state index is 0.560. The summed E-state index contributed by atoms with van der Waals surface area (Å²) in [5, 5.41) is 3.64. The van der Waals surface area contributed by atoms with Gasteiger partial charge in [-0.25, -0.2) is 9.97 Å². The summed E-state index contributed by atoms with van der Waals surface area (Å²) in [4.78, 5) is 15.1. The molecule has 0 spiro atoms. The average molecular weight is 283 g/mol. The first-order chi connectivity index (χ1) is 10.3. The molecule has 0 radical (unpaired) electrons. The first kappa shape index (κ1) is 13.9. The van der Waals surface area contributed by atoms with Crippen LogP contribution in [0.1, 0.15) is 24.0 Å². The minimum Gasteiger partial charge on any atom is -0.341 e. The lowest BCUT2D eigenvalue weighted by atomic mass is 10.0. The van der Waals surface area contributed by atoms with Gasteiger partial charge in [0.15, 0.2) is 0 Å². The molecule has 3 rings (SSSR count). The third-order valence-electron chi connectivity index (χ3n) is 4.06. The van der Waals surface area contributed by atoms with Crippen LogP contribution in [0.4, 0.5) is 5.95 Å². The highest BCUT2D eigenvalue weighted by atomic mass is 15.3. The molecule has 0 bridgehead atoms. The van der Waals surface area contributed by atoms with Crippen molar-refractivity contribution in [2.24, 2.45) is 0 Å². The fourth-order valence-corrected chi connectivity index (χ4v) is 2.67. The molecule has 1 N–H and O–H groups in total. The number of pyridine rings is 1. The average Bonchev–Trinajstić information content (AvgIpc) is 2.55. The van der Waals surface area contributed by atoms with E-state index in [1.165, 1.54) is 11.1 Å².